The van der Waals surface area contributed by atoms with Crippen LogP contribution in [0.2, 0.25) is 0 Å². The van der Waals surface area contributed by atoms with Crippen LogP contribution >= 0.6 is 27.3 Å². The first-order chi connectivity index (χ1) is 8.13. The van der Waals surface area contributed by atoms with E-state index in [0.29, 0.717) is 0 Å². The molecule has 0 aliphatic carbocycles. The molecule has 4 heteroatoms. The number of hydrogen-bond acceptors (Lipinski definition) is 2. The van der Waals surface area contributed by atoms with Crippen LogP contribution in [-0.2, 0) is 0 Å². The average Bonchev–Trinajstić information content (AvgIpc) is 2.71. The van der Waals surface area contributed by atoms with Crippen LogP contribution in [0.3, 0.4) is 0 Å². The standard InChI is InChI=1S/C13H13BrFNS/c1-8-3-4-9(15)7-10(8)12(16-2)13-11(14)5-6-17-13/h3-7,12,16H,1-2H3. The molecular weight excluding hydrogens is 301 g/mol. The van der Waals surface area contributed by atoms with Crippen molar-refractivity contribution in [2.75, 3.05) is 7.05 Å². The van der Waals surface area contributed by atoms with E-state index < -0.39 is 0 Å². The summed E-state index contributed by atoms with van der Waals surface area (Å²) in [6.45, 7) is 2.00. The van der Waals surface area contributed by atoms with Gasteiger partial charge in [-0.15, -0.1) is 11.3 Å². The fraction of sp³-hybridized carbons (Fsp3) is 0.231. The van der Waals surface area contributed by atoms with Gasteiger partial charge in [0.2, 0.25) is 0 Å². The van der Waals surface area contributed by atoms with Gasteiger partial charge in [-0.25, -0.2) is 4.39 Å². The number of rotatable bonds is 3. The molecule has 0 bridgehead atoms. The third-order valence-corrected chi connectivity index (χ3v) is 4.68. The molecule has 1 aromatic carbocycles. The molecule has 2 aromatic rings. The molecule has 1 nitrogen and oxygen atoms in total. The van der Waals surface area contributed by atoms with E-state index >= 15 is 0 Å². The predicted octanol–water partition coefficient (Wildman–Crippen LogP) is 4.27. The molecule has 0 radical (unpaired) electrons. The number of aryl methyl sites for hydroxylation is 1. The summed E-state index contributed by atoms with van der Waals surface area (Å²) in [4.78, 5) is 1.17. The molecular formula is C13H13BrFNS. The molecule has 0 spiro atoms. The number of hydrogen-bond donors (Lipinski definition) is 1. The zero-order chi connectivity index (χ0) is 12.4. The Morgan fingerprint density at radius 3 is 2.71 bits per heavy atom. The summed E-state index contributed by atoms with van der Waals surface area (Å²) >= 11 is 5.18. The summed E-state index contributed by atoms with van der Waals surface area (Å²) in [6, 6.07) is 6.95. The molecule has 0 fully saturated rings. The number of thiophene rings is 1. The SMILES string of the molecule is CNC(c1cc(F)ccc1C)c1sccc1Br. The van der Waals surface area contributed by atoms with Crippen molar-refractivity contribution in [3.8, 4) is 0 Å². The van der Waals surface area contributed by atoms with E-state index in [9.17, 15) is 4.39 Å². The lowest BCUT2D eigenvalue weighted by molar-refractivity contribution is 0.616. The highest BCUT2D eigenvalue weighted by atomic mass is 79.9. The highest BCUT2D eigenvalue weighted by Crippen LogP contribution is 2.34. The van der Waals surface area contributed by atoms with Crippen molar-refractivity contribution in [2.24, 2.45) is 0 Å². The molecule has 0 saturated heterocycles. The summed E-state index contributed by atoms with van der Waals surface area (Å²) < 4.78 is 14.4. The van der Waals surface area contributed by atoms with Crippen molar-refractivity contribution in [2.45, 2.75) is 13.0 Å². The average molecular weight is 314 g/mol. The van der Waals surface area contributed by atoms with Gasteiger partial charge in [-0.1, -0.05) is 6.07 Å². The van der Waals surface area contributed by atoms with Gasteiger partial charge in [0.15, 0.2) is 0 Å². The molecule has 17 heavy (non-hydrogen) atoms. The van der Waals surface area contributed by atoms with E-state index in [0.717, 1.165) is 15.6 Å². The lowest BCUT2D eigenvalue weighted by Gasteiger charge is -2.18. The first-order valence-electron chi connectivity index (χ1n) is 5.29. The van der Waals surface area contributed by atoms with Gasteiger partial charge in [-0.05, 0) is 64.6 Å². The summed E-state index contributed by atoms with van der Waals surface area (Å²) in [5.74, 6) is -0.196. The van der Waals surface area contributed by atoms with Gasteiger partial charge in [0.05, 0.1) is 6.04 Å². The first-order valence-corrected chi connectivity index (χ1v) is 6.97. The molecule has 2 rings (SSSR count). The van der Waals surface area contributed by atoms with Gasteiger partial charge in [0, 0.05) is 9.35 Å². The fourth-order valence-electron chi connectivity index (χ4n) is 1.86. The highest BCUT2D eigenvalue weighted by molar-refractivity contribution is 9.10. The van der Waals surface area contributed by atoms with Crippen LogP contribution < -0.4 is 5.32 Å². The molecule has 0 amide bonds. The second-order valence-electron chi connectivity index (χ2n) is 3.86. The summed E-state index contributed by atoms with van der Waals surface area (Å²) in [6.07, 6.45) is 0. The molecule has 0 aliphatic rings. The van der Waals surface area contributed by atoms with E-state index in [4.69, 9.17) is 0 Å². The second kappa shape index (κ2) is 5.29. The highest BCUT2D eigenvalue weighted by Gasteiger charge is 2.18. The lowest BCUT2D eigenvalue weighted by Crippen LogP contribution is -2.18. The fourth-order valence-corrected chi connectivity index (χ4v) is 3.59. The van der Waals surface area contributed by atoms with Crippen molar-refractivity contribution >= 4 is 27.3 Å². The van der Waals surface area contributed by atoms with E-state index in [-0.39, 0.29) is 11.9 Å². The molecule has 0 saturated carbocycles. The van der Waals surface area contributed by atoms with Crippen LogP contribution in [0, 0.1) is 12.7 Å². The van der Waals surface area contributed by atoms with Gasteiger partial charge in [-0.3, -0.25) is 0 Å². The molecule has 90 valence electrons. The Labute approximate surface area is 113 Å². The van der Waals surface area contributed by atoms with Crippen LogP contribution in [0.5, 0.6) is 0 Å². The Morgan fingerprint density at radius 1 is 1.35 bits per heavy atom. The maximum Gasteiger partial charge on any atom is 0.123 e. The van der Waals surface area contributed by atoms with Crippen LogP contribution in [0.1, 0.15) is 22.0 Å². The molecule has 1 atom stereocenters. The van der Waals surface area contributed by atoms with Crippen molar-refractivity contribution in [1.82, 2.24) is 5.32 Å². The predicted molar refractivity (Wildman–Crippen MR) is 74.1 cm³/mol. The third kappa shape index (κ3) is 2.59. The molecule has 0 aliphatic heterocycles. The number of benzene rings is 1. The van der Waals surface area contributed by atoms with Gasteiger partial charge in [0.25, 0.3) is 0 Å². The zero-order valence-corrected chi connectivity index (χ0v) is 12.0. The maximum absolute atomic E-state index is 13.3. The Balaban J connectivity index is 2.49. The van der Waals surface area contributed by atoms with Crippen LogP contribution in [-0.4, -0.2) is 7.05 Å². The second-order valence-corrected chi connectivity index (χ2v) is 5.66. The van der Waals surface area contributed by atoms with Crippen LogP contribution in [0.4, 0.5) is 4.39 Å². The topological polar surface area (TPSA) is 12.0 Å². The maximum atomic E-state index is 13.3. The summed E-state index contributed by atoms with van der Waals surface area (Å²) in [5.41, 5.74) is 2.07. The van der Waals surface area contributed by atoms with Gasteiger partial charge < -0.3 is 5.32 Å². The van der Waals surface area contributed by atoms with Crippen LogP contribution in [0.15, 0.2) is 34.1 Å². The molecule has 1 unspecified atom stereocenters. The van der Waals surface area contributed by atoms with E-state index in [2.05, 4.69) is 21.2 Å². The van der Waals surface area contributed by atoms with Gasteiger partial charge >= 0.3 is 0 Å². The van der Waals surface area contributed by atoms with Gasteiger partial charge in [-0.2, -0.15) is 0 Å². The Bertz CT molecular complexity index is 524. The first kappa shape index (κ1) is 12.7. The minimum absolute atomic E-state index is 0.0278. The monoisotopic (exact) mass is 313 g/mol. The summed E-state index contributed by atoms with van der Waals surface area (Å²) in [7, 11) is 1.89. The molecule has 1 aromatic heterocycles. The molecule has 1 heterocycles. The van der Waals surface area contributed by atoms with Crippen molar-refractivity contribution in [3.05, 3.63) is 55.9 Å². The lowest BCUT2D eigenvalue weighted by atomic mass is 10.00. The van der Waals surface area contributed by atoms with Crippen LogP contribution in [0.25, 0.3) is 0 Å². The minimum atomic E-state index is -0.196. The largest absolute Gasteiger partial charge is 0.309 e. The smallest absolute Gasteiger partial charge is 0.123 e. The van der Waals surface area contributed by atoms with E-state index in [1.54, 1.807) is 17.4 Å². The quantitative estimate of drug-likeness (QED) is 0.892. The van der Waals surface area contributed by atoms with Crippen molar-refractivity contribution in [3.63, 3.8) is 0 Å². The number of nitrogens with one attached hydrogen (secondary N) is 1. The Morgan fingerprint density at radius 2 is 2.12 bits per heavy atom. The Kier molecular flexibility index (Phi) is 3.97. The third-order valence-electron chi connectivity index (χ3n) is 2.75. The normalized spacial score (nSPS) is 12.7. The number of halogens is 2. The van der Waals surface area contributed by atoms with Crippen molar-refractivity contribution < 1.29 is 4.39 Å². The zero-order valence-electron chi connectivity index (χ0n) is 9.63. The van der Waals surface area contributed by atoms with E-state index in [1.165, 1.54) is 10.9 Å². The summed E-state index contributed by atoms with van der Waals surface area (Å²) in [5, 5.41) is 5.27. The van der Waals surface area contributed by atoms with Crippen molar-refractivity contribution in [1.29, 1.82) is 0 Å². The Hall–Kier alpha value is -0.710. The molecule has 1 N–H and O–H groups in total. The van der Waals surface area contributed by atoms with E-state index in [1.807, 2.05) is 31.5 Å². The minimum Gasteiger partial charge on any atom is -0.309 e. The van der Waals surface area contributed by atoms with Gasteiger partial charge in [0.1, 0.15) is 5.82 Å².